The van der Waals surface area contributed by atoms with E-state index in [0.29, 0.717) is 16.7 Å². The number of pyridine rings is 2. The van der Waals surface area contributed by atoms with E-state index in [1.807, 2.05) is 6.07 Å². The summed E-state index contributed by atoms with van der Waals surface area (Å²) in [6.07, 6.45) is 3.23. The highest BCUT2D eigenvalue weighted by Gasteiger charge is 2.14. The normalized spacial score (nSPS) is 10.9. The fourth-order valence-electron chi connectivity index (χ4n) is 2.86. The number of rotatable bonds is 4. The van der Waals surface area contributed by atoms with E-state index in [-0.39, 0.29) is 29.1 Å². The molecule has 30 heavy (non-hydrogen) atoms. The Hall–Kier alpha value is -4.08. The van der Waals surface area contributed by atoms with E-state index in [2.05, 4.69) is 20.4 Å². The van der Waals surface area contributed by atoms with E-state index in [9.17, 15) is 13.2 Å². The highest BCUT2D eigenvalue weighted by atomic mass is 19.2. The molecule has 3 heterocycles. The van der Waals surface area contributed by atoms with Crippen LogP contribution in [-0.2, 0) is 0 Å². The number of hydrogen-bond acceptors (Lipinski definition) is 6. The summed E-state index contributed by atoms with van der Waals surface area (Å²) < 4.78 is 41.3. The standard InChI is InChI=1S/C20H14F3N7/c21-12-8-11(9-13(22)19(12)23)14-3-4-17(24)30(29-14)18(25)10-28-16-5-7-26-15-2-1-6-27-20(15)16/h1-9,24-25H,10H2,(H,26,28). The molecule has 3 N–H and O–H groups in total. The van der Waals surface area contributed by atoms with Crippen molar-refractivity contribution < 1.29 is 13.2 Å². The highest BCUT2D eigenvalue weighted by molar-refractivity contribution is 5.90. The maximum atomic E-state index is 13.6. The van der Waals surface area contributed by atoms with Gasteiger partial charge in [-0.3, -0.25) is 20.8 Å². The van der Waals surface area contributed by atoms with Gasteiger partial charge in [-0.25, -0.2) is 13.2 Å². The average molecular weight is 409 g/mol. The number of fused-ring (bicyclic) bond motifs is 1. The second-order valence-electron chi connectivity index (χ2n) is 6.30. The van der Waals surface area contributed by atoms with Crippen molar-refractivity contribution in [3.63, 3.8) is 0 Å². The quantitative estimate of drug-likeness (QED) is 0.273. The van der Waals surface area contributed by atoms with Gasteiger partial charge in [0.2, 0.25) is 0 Å². The molecular weight excluding hydrogens is 395 g/mol. The zero-order valence-electron chi connectivity index (χ0n) is 15.3. The van der Waals surface area contributed by atoms with Crippen LogP contribution < -0.4 is 10.8 Å². The fourth-order valence-corrected chi connectivity index (χ4v) is 2.86. The number of benzene rings is 1. The third kappa shape index (κ3) is 3.62. The molecule has 0 spiro atoms. The van der Waals surface area contributed by atoms with Crippen LogP contribution >= 0.6 is 0 Å². The first-order valence-corrected chi connectivity index (χ1v) is 8.75. The second-order valence-corrected chi connectivity index (χ2v) is 6.30. The molecular formula is C20H14F3N7. The monoisotopic (exact) mass is 409 g/mol. The van der Waals surface area contributed by atoms with Gasteiger partial charge in [0, 0.05) is 18.0 Å². The highest BCUT2D eigenvalue weighted by Crippen LogP contribution is 2.21. The number of nitrogens with zero attached hydrogens (tertiary/aromatic N) is 4. The minimum absolute atomic E-state index is 0.00513. The van der Waals surface area contributed by atoms with Gasteiger partial charge in [0.1, 0.15) is 16.8 Å². The predicted octanol–water partition coefficient (Wildman–Crippen LogP) is 3.33. The first-order valence-electron chi connectivity index (χ1n) is 8.75. The van der Waals surface area contributed by atoms with Gasteiger partial charge in [-0.05, 0) is 42.5 Å². The Morgan fingerprint density at radius 3 is 2.53 bits per heavy atom. The van der Waals surface area contributed by atoms with Gasteiger partial charge in [0.15, 0.2) is 17.5 Å². The molecule has 0 fully saturated rings. The summed E-state index contributed by atoms with van der Waals surface area (Å²) in [7, 11) is 0. The molecule has 0 bridgehead atoms. The molecule has 0 aliphatic rings. The molecule has 4 aromatic rings. The third-order valence-corrected chi connectivity index (χ3v) is 4.31. The van der Waals surface area contributed by atoms with Gasteiger partial charge >= 0.3 is 0 Å². The second kappa shape index (κ2) is 7.74. The zero-order valence-corrected chi connectivity index (χ0v) is 15.3. The predicted molar refractivity (Wildman–Crippen MR) is 105 cm³/mol. The Balaban J connectivity index is 1.61. The van der Waals surface area contributed by atoms with Crippen LogP contribution in [0.15, 0.2) is 54.9 Å². The Bertz CT molecular complexity index is 1310. The van der Waals surface area contributed by atoms with E-state index in [4.69, 9.17) is 10.8 Å². The number of nitrogens with one attached hydrogen (secondary N) is 3. The SMILES string of the molecule is N=C(CNc1ccnc2cccnc12)n1nc(-c2cc(F)c(F)c(F)c2)ccc1=N. The minimum atomic E-state index is -1.57. The molecule has 1 aromatic carbocycles. The first kappa shape index (κ1) is 19.2. The number of halogens is 3. The summed E-state index contributed by atoms with van der Waals surface area (Å²) in [5.74, 6) is -4.35. The molecule has 0 aliphatic heterocycles. The molecule has 0 unspecified atom stereocenters. The number of anilines is 1. The molecule has 0 saturated heterocycles. The van der Waals surface area contributed by atoms with Crippen LogP contribution in [0.1, 0.15) is 0 Å². The lowest BCUT2D eigenvalue weighted by Gasteiger charge is -2.12. The van der Waals surface area contributed by atoms with Gasteiger partial charge in [-0.2, -0.15) is 9.78 Å². The van der Waals surface area contributed by atoms with Crippen LogP contribution in [0.25, 0.3) is 22.3 Å². The number of hydrogen-bond donors (Lipinski definition) is 3. The van der Waals surface area contributed by atoms with Gasteiger partial charge < -0.3 is 5.32 Å². The fraction of sp³-hybridized carbons (Fsp3) is 0.0500. The molecule has 0 aliphatic carbocycles. The van der Waals surface area contributed by atoms with Gasteiger partial charge in [0.05, 0.1) is 23.4 Å². The van der Waals surface area contributed by atoms with Crippen molar-refractivity contribution in [1.29, 1.82) is 10.8 Å². The summed E-state index contributed by atoms with van der Waals surface area (Å²) in [6, 6.07) is 9.60. The largest absolute Gasteiger partial charge is 0.376 e. The Labute approximate surface area is 167 Å². The summed E-state index contributed by atoms with van der Waals surface area (Å²) in [5, 5.41) is 23.4. The molecule has 0 atom stereocenters. The Morgan fingerprint density at radius 1 is 1.00 bits per heavy atom. The van der Waals surface area contributed by atoms with E-state index in [1.165, 1.54) is 12.1 Å². The Kier molecular flexibility index (Phi) is 4.97. The van der Waals surface area contributed by atoms with Crippen LogP contribution in [0.3, 0.4) is 0 Å². The summed E-state index contributed by atoms with van der Waals surface area (Å²) >= 11 is 0. The topological polar surface area (TPSA) is 103 Å². The van der Waals surface area contributed by atoms with Crippen molar-refractivity contribution in [2.24, 2.45) is 0 Å². The van der Waals surface area contributed by atoms with E-state index in [1.54, 1.807) is 24.5 Å². The third-order valence-electron chi connectivity index (χ3n) is 4.31. The van der Waals surface area contributed by atoms with E-state index >= 15 is 0 Å². The minimum Gasteiger partial charge on any atom is -0.376 e. The summed E-state index contributed by atoms with van der Waals surface area (Å²) in [5.41, 5.74) is 1.93. The first-order chi connectivity index (χ1) is 14.4. The van der Waals surface area contributed by atoms with Crippen LogP contribution in [-0.4, -0.2) is 32.1 Å². The molecule has 0 saturated carbocycles. The van der Waals surface area contributed by atoms with Crippen LogP contribution in [0.5, 0.6) is 0 Å². The maximum Gasteiger partial charge on any atom is 0.194 e. The summed E-state index contributed by atoms with van der Waals surface area (Å²) in [4.78, 5) is 8.49. The molecule has 0 radical (unpaired) electrons. The van der Waals surface area contributed by atoms with Crippen LogP contribution in [0.4, 0.5) is 18.9 Å². The van der Waals surface area contributed by atoms with Crippen molar-refractivity contribution in [2.45, 2.75) is 0 Å². The molecule has 150 valence electrons. The van der Waals surface area contributed by atoms with Crippen molar-refractivity contribution in [3.8, 4) is 11.3 Å². The van der Waals surface area contributed by atoms with E-state index in [0.717, 1.165) is 16.8 Å². The Morgan fingerprint density at radius 2 is 1.77 bits per heavy atom. The van der Waals surface area contributed by atoms with Crippen molar-refractivity contribution >= 4 is 22.6 Å². The molecule has 4 rings (SSSR count). The lowest BCUT2D eigenvalue weighted by atomic mass is 10.1. The van der Waals surface area contributed by atoms with Gasteiger partial charge in [-0.15, -0.1) is 0 Å². The van der Waals surface area contributed by atoms with Crippen molar-refractivity contribution in [1.82, 2.24) is 19.7 Å². The van der Waals surface area contributed by atoms with Crippen LogP contribution in [0, 0.1) is 28.3 Å². The smallest absolute Gasteiger partial charge is 0.194 e. The molecule has 0 amide bonds. The lowest BCUT2D eigenvalue weighted by molar-refractivity contribution is 0.447. The van der Waals surface area contributed by atoms with Gasteiger partial charge in [-0.1, -0.05) is 0 Å². The molecule has 10 heteroatoms. The van der Waals surface area contributed by atoms with Crippen molar-refractivity contribution in [3.05, 3.63) is 77.8 Å². The molecule has 3 aromatic heterocycles. The van der Waals surface area contributed by atoms with Crippen molar-refractivity contribution in [2.75, 3.05) is 11.9 Å². The van der Waals surface area contributed by atoms with Gasteiger partial charge in [0.25, 0.3) is 0 Å². The lowest BCUT2D eigenvalue weighted by Crippen LogP contribution is -2.33. The average Bonchev–Trinajstić information content (AvgIpc) is 2.75. The molecule has 7 nitrogen and oxygen atoms in total. The number of aromatic nitrogens is 4. The van der Waals surface area contributed by atoms with E-state index < -0.39 is 17.5 Å². The summed E-state index contributed by atoms with van der Waals surface area (Å²) in [6.45, 7) is -0.00513. The van der Waals surface area contributed by atoms with Crippen LogP contribution in [0.2, 0.25) is 0 Å². The zero-order chi connectivity index (χ0) is 21.3. The maximum absolute atomic E-state index is 13.6.